The highest BCUT2D eigenvalue weighted by Crippen LogP contribution is 2.17. The van der Waals surface area contributed by atoms with E-state index in [2.05, 4.69) is 27.7 Å². The lowest BCUT2D eigenvalue weighted by Gasteiger charge is -2.18. The van der Waals surface area contributed by atoms with E-state index in [1.54, 1.807) is 0 Å². The summed E-state index contributed by atoms with van der Waals surface area (Å²) in [5.41, 5.74) is 0. The highest BCUT2D eigenvalue weighted by atomic mass is 16.6. The molecule has 0 aliphatic carbocycles. The molecule has 0 N–H and O–H groups in total. The third kappa shape index (κ3) is 49.3. The highest BCUT2D eigenvalue weighted by molar-refractivity contribution is 5.71. The summed E-state index contributed by atoms with van der Waals surface area (Å²) in [5, 5.41) is 0. The molecule has 1 atom stereocenters. The second kappa shape index (κ2) is 49.4. The Morgan fingerprint density at radius 3 is 0.803 bits per heavy atom. The molecule has 0 bridgehead atoms. The molecule has 362 valence electrons. The predicted molar refractivity (Wildman–Crippen MR) is 261 cm³/mol. The van der Waals surface area contributed by atoms with Gasteiger partial charge in [0.1, 0.15) is 13.2 Å². The van der Waals surface area contributed by atoms with Gasteiger partial charge < -0.3 is 14.2 Å². The first-order valence-corrected chi connectivity index (χ1v) is 27.4. The molecule has 0 aliphatic heterocycles. The summed E-state index contributed by atoms with van der Waals surface area (Å²) < 4.78 is 16.8. The zero-order valence-electron chi connectivity index (χ0n) is 41.6. The van der Waals surface area contributed by atoms with Gasteiger partial charge in [0.15, 0.2) is 6.10 Å². The van der Waals surface area contributed by atoms with Crippen molar-refractivity contribution in [3.05, 3.63) is 0 Å². The third-order valence-electron chi connectivity index (χ3n) is 12.5. The number of carbonyl (C=O) groups is 3. The molecule has 6 nitrogen and oxygen atoms in total. The largest absolute Gasteiger partial charge is 0.462 e. The van der Waals surface area contributed by atoms with Gasteiger partial charge in [-0.15, -0.1) is 0 Å². The maximum atomic E-state index is 12.8. The second-order valence-corrected chi connectivity index (χ2v) is 19.3. The summed E-state index contributed by atoms with van der Waals surface area (Å²) in [6, 6.07) is 0. The van der Waals surface area contributed by atoms with E-state index in [0.29, 0.717) is 19.3 Å². The van der Waals surface area contributed by atoms with Gasteiger partial charge in [-0.1, -0.05) is 272 Å². The molecule has 0 saturated heterocycles. The molecule has 0 saturated carbocycles. The minimum atomic E-state index is -0.760. The normalized spacial score (nSPS) is 12.0. The van der Waals surface area contributed by atoms with Crippen molar-refractivity contribution in [2.75, 3.05) is 13.2 Å². The van der Waals surface area contributed by atoms with E-state index >= 15 is 0 Å². The lowest BCUT2D eigenvalue weighted by Crippen LogP contribution is -2.30. The molecule has 0 radical (unpaired) electrons. The van der Waals surface area contributed by atoms with Gasteiger partial charge in [-0.2, -0.15) is 0 Å². The molecule has 0 heterocycles. The van der Waals surface area contributed by atoms with Gasteiger partial charge in [-0.25, -0.2) is 0 Å². The van der Waals surface area contributed by atoms with Crippen LogP contribution in [0.15, 0.2) is 0 Å². The van der Waals surface area contributed by atoms with Crippen molar-refractivity contribution in [3.63, 3.8) is 0 Å². The van der Waals surface area contributed by atoms with Gasteiger partial charge in [0.25, 0.3) is 0 Å². The molecule has 0 aromatic heterocycles. The quantitative estimate of drug-likeness (QED) is 0.0344. The summed E-state index contributed by atoms with van der Waals surface area (Å²) in [6.45, 7) is 9.04. The molecule has 6 heteroatoms. The number of hydrogen-bond acceptors (Lipinski definition) is 6. The molecule has 0 aliphatic rings. The zero-order valence-corrected chi connectivity index (χ0v) is 41.6. The first-order valence-electron chi connectivity index (χ1n) is 27.4. The third-order valence-corrected chi connectivity index (χ3v) is 12.5. The van der Waals surface area contributed by atoms with E-state index < -0.39 is 6.10 Å². The lowest BCUT2D eigenvalue weighted by molar-refractivity contribution is -0.167. The molecule has 0 aromatic carbocycles. The summed E-state index contributed by atoms with van der Waals surface area (Å²) in [5.74, 6) is 0.00359. The first-order chi connectivity index (χ1) is 29.9. The van der Waals surface area contributed by atoms with Crippen molar-refractivity contribution in [2.24, 2.45) is 5.92 Å². The van der Waals surface area contributed by atoms with Crippen LogP contribution < -0.4 is 0 Å². The number of hydrogen-bond donors (Lipinski definition) is 0. The van der Waals surface area contributed by atoms with Gasteiger partial charge in [-0.3, -0.25) is 14.4 Å². The Kier molecular flexibility index (Phi) is 48.1. The van der Waals surface area contributed by atoms with Crippen molar-refractivity contribution in [1.29, 1.82) is 0 Å². The Balaban J connectivity index is 4.23. The minimum Gasteiger partial charge on any atom is -0.462 e. The molecule has 0 unspecified atom stereocenters. The van der Waals surface area contributed by atoms with E-state index in [4.69, 9.17) is 14.2 Å². The number of esters is 3. The highest BCUT2D eigenvalue weighted by Gasteiger charge is 2.19. The van der Waals surface area contributed by atoms with Crippen molar-refractivity contribution >= 4 is 17.9 Å². The van der Waals surface area contributed by atoms with Gasteiger partial charge in [-0.05, 0) is 25.2 Å². The Bertz CT molecular complexity index is 918. The summed E-state index contributed by atoms with van der Waals surface area (Å²) in [4.78, 5) is 38.0. The number of rotatable bonds is 50. The summed E-state index contributed by atoms with van der Waals surface area (Å²) >= 11 is 0. The fourth-order valence-corrected chi connectivity index (χ4v) is 8.39. The molecule has 0 spiro atoms. The maximum absolute atomic E-state index is 12.8. The fourth-order valence-electron chi connectivity index (χ4n) is 8.39. The van der Waals surface area contributed by atoms with Crippen molar-refractivity contribution < 1.29 is 28.6 Å². The molecule has 0 fully saturated rings. The smallest absolute Gasteiger partial charge is 0.306 e. The average Bonchev–Trinajstić information content (AvgIpc) is 3.24. The van der Waals surface area contributed by atoms with Gasteiger partial charge in [0.2, 0.25) is 0 Å². The van der Waals surface area contributed by atoms with E-state index in [1.165, 1.54) is 205 Å². The van der Waals surface area contributed by atoms with Crippen LogP contribution in [0.3, 0.4) is 0 Å². The Labute approximate surface area is 380 Å². The van der Waals surface area contributed by atoms with Crippen LogP contribution in [0.4, 0.5) is 0 Å². The molecular weight excluding hydrogens is 757 g/mol. The zero-order chi connectivity index (χ0) is 44.5. The van der Waals surface area contributed by atoms with E-state index in [0.717, 1.165) is 63.7 Å². The van der Waals surface area contributed by atoms with Crippen LogP contribution >= 0.6 is 0 Å². The SMILES string of the molecule is CCCCCCCCCCCCCCCCCCC(=O)OC[C@H](COC(=O)CCCCCCCCCCCCCCCCC(C)C)OC(=O)CCCCCCCCCCCC. The van der Waals surface area contributed by atoms with Crippen molar-refractivity contribution in [3.8, 4) is 0 Å². The monoisotopic (exact) mass is 863 g/mol. The van der Waals surface area contributed by atoms with Gasteiger partial charge in [0.05, 0.1) is 0 Å². The first kappa shape index (κ1) is 59.4. The van der Waals surface area contributed by atoms with Gasteiger partial charge in [0, 0.05) is 19.3 Å². The average molecular weight is 863 g/mol. The summed E-state index contributed by atoms with van der Waals surface area (Å²) in [6.07, 6.45) is 52.3. The standard InChI is InChI=1S/C55H106O6/c1-5-7-9-11-13-15-17-18-19-20-24-27-31-34-38-42-46-53(56)59-49-52(61-55(58)48-44-40-36-30-16-14-12-10-8-6-2)50-60-54(57)47-43-39-35-32-28-25-22-21-23-26-29-33-37-41-45-51(3)4/h51-52H,5-50H2,1-4H3/t52-/m1/s1. The van der Waals surface area contributed by atoms with Crippen LogP contribution in [0.5, 0.6) is 0 Å². The van der Waals surface area contributed by atoms with E-state index in [-0.39, 0.29) is 31.1 Å². The van der Waals surface area contributed by atoms with Crippen LogP contribution in [0.1, 0.15) is 310 Å². The molecule has 0 amide bonds. The van der Waals surface area contributed by atoms with Crippen LogP contribution in [-0.2, 0) is 28.6 Å². The van der Waals surface area contributed by atoms with Crippen molar-refractivity contribution in [1.82, 2.24) is 0 Å². The van der Waals surface area contributed by atoms with Gasteiger partial charge >= 0.3 is 17.9 Å². The number of ether oxygens (including phenoxy) is 3. The van der Waals surface area contributed by atoms with Crippen LogP contribution in [0, 0.1) is 5.92 Å². The van der Waals surface area contributed by atoms with E-state index in [1.807, 2.05) is 0 Å². The molecule has 61 heavy (non-hydrogen) atoms. The summed E-state index contributed by atoms with van der Waals surface area (Å²) in [7, 11) is 0. The molecule has 0 aromatic rings. The maximum Gasteiger partial charge on any atom is 0.306 e. The molecule has 0 rings (SSSR count). The predicted octanol–water partition coefficient (Wildman–Crippen LogP) is 17.8. The number of unbranched alkanes of at least 4 members (excludes halogenated alkanes) is 37. The van der Waals surface area contributed by atoms with Crippen molar-refractivity contribution in [2.45, 2.75) is 316 Å². The number of carbonyl (C=O) groups excluding carboxylic acids is 3. The van der Waals surface area contributed by atoms with Crippen LogP contribution in [0.2, 0.25) is 0 Å². The Morgan fingerprint density at radius 2 is 0.541 bits per heavy atom. The molecular formula is C55H106O6. The fraction of sp³-hybridized carbons (Fsp3) is 0.945. The topological polar surface area (TPSA) is 78.9 Å². The van der Waals surface area contributed by atoms with Crippen LogP contribution in [0.25, 0.3) is 0 Å². The second-order valence-electron chi connectivity index (χ2n) is 19.3. The van der Waals surface area contributed by atoms with Crippen LogP contribution in [-0.4, -0.2) is 37.2 Å². The Hall–Kier alpha value is -1.59. The lowest BCUT2D eigenvalue weighted by atomic mass is 10.0. The van der Waals surface area contributed by atoms with E-state index in [9.17, 15) is 14.4 Å². The minimum absolute atomic E-state index is 0.0623. The Morgan fingerprint density at radius 1 is 0.311 bits per heavy atom.